The van der Waals surface area contributed by atoms with Crippen LogP contribution in [-0.2, 0) is 6.18 Å². The molecule has 1 aliphatic rings. The van der Waals surface area contributed by atoms with Crippen molar-refractivity contribution in [1.29, 1.82) is 0 Å². The normalized spacial score (nSPS) is 21.1. The average Bonchev–Trinajstić information content (AvgIpc) is 2.53. The van der Waals surface area contributed by atoms with Gasteiger partial charge in [0.15, 0.2) is 0 Å². The van der Waals surface area contributed by atoms with Crippen LogP contribution in [0, 0.1) is 0 Å². The van der Waals surface area contributed by atoms with Gasteiger partial charge in [-0.05, 0) is 48.7 Å². The molecule has 1 unspecified atom stereocenters. The maximum absolute atomic E-state index is 13.1. The Morgan fingerprint density at radius 3 is 2.39 bits per heavy atom. The molecule has 0 bridgehead atoms. The van der Waals surface area contributed by atoms with Crippen molar-refractivity contribution in [2.45, 2.75) is 31.0 Å². The molecule has 0 radical (unpaired) electrons. The molecule has 0 aliphatic heterocycles. The van der Waals surface area contributed by atoms with Crippen molar-refractivity contribution in [2.75, 3.05) is 7.05 Å². The number of rotatable bonds is 2. The third-order valence-electron chi connectivity index (χ3n) is 4.54. The summed E-state index contributed by atoms with van der Waals surface area (Å²) in [5.41, 5.74) is 2.16. The topological polar surface area (TPSA) is 12.0 Å². The van der Waals surface area contributed by atoms with E-state index in [0.29, 0.717) is 5.56 Å². The van der Waals surface area contributed by atoms with Crippen molar-refractivity contribution in [3.05, 3.63) is 69.7 Å². The highest BCUT2D eigenvalue weighted by Crippen LogP contribution is 2.43. The van der Waals surface area contributed by atoms with Crippen molar-refractivity contribution in [2.24, 2.45) is 0 Å². The van der Waals surface area contributed by atoms with Gasteiger partial charge >= 0.3 is 6.18 Å². The van der Waals surface area contributed by atoms with Crippen LogP contribution in [0.2, 0.25) is 5.02 Å². The summed E-state index contributed by atoms with van der Waals surface area (Å²) in [6.45, 7) is 0. The summed E-state index contributed by atoms with van der Waals surface area (Å²) in [7, 11) is 1.91. The molecular formula is C18H17ClF3N. The molecule has 1 aliphatic carbocycles. The minimum Gasteiger partial charge on any atom is -0.313 e. The third kappa shape index (κ3) is 3.10. The summed E-state index contributed by atoms with van der Waals surface area (Å²) in [5.74, 6) is -0.0332. The van der Waals surface area contributed by atoms with E-state index < -0.39 is 11.7 Å². The van der Waals surface area contributed by atoms with E-state index in [1.807, 2.05) is 31.3 Å². The molecule has 2 aromatic rings. The number of benzene rings is 2. The lowest BCUT2D eigenvalue weighted by atomic mass is 9.76. The Balaban J connectivity index is 2.06. The smallest absolute Gasteiger partial charge is 0.313 e. The lowest BCUT2D eigenvalue weighted by Gasteiger charge is -2.32. The van der Waals surface area contributed by atoms with Crippen molar-refractivity contribution in [1.82, 2.24) is 5.32 Å². The van der Waals surface area contributed by atoms with E-state index in [2.05, 4.69) is 5.32 Å². The first-order valence-electron chi connectivity index (χ1n) is 7.54. The minimum atomic E-state index is -4.44. The number of nitrogens with one attached hydrogen (secondary N) is 1. The molecule has 23 heavy (non-hydrogen) atoms. The summed E-state index contributed by atoms with van der Waals surface area (Å²) in [6, 6.07) is 12.5. The molecule has 2 atom stereocenters. The van der Waals surface area contributed by atoms with Crippen LogP contribution in [0.3, 0.4) is 0 Å². The van der Waals surface area contributed by atoms with Crippen molar-refractivity contribution in [3.63, 3.8) is 0 Å². The molecule has 0 spiro atoms. The second-order valence-electron chi connectivity index (χ2n) is 5.84. The van der Waals surface area contributed by atoms with Gasteiger partial charge in [0.2, 0.25) is 0 Å². The fourth-order valence-corrected chi connectivity index (χ4v) is 3.64. The van der Waals surface area contributed by atoms with Gasteiger partial charge in [0, 0.05) is 12.0 Å². The Labute approximate surface area is 138 Å². The first kappa shape index (κ1) is 16.3. The summed E-state index contributed by atoms with van der Waals surface area (Å²) < 4.78 is 39.3. The van der Waals surface area contributed by atoms with Crippen LogP contribution >= 0.6 is 11.6 Å². The van der Waals surface area contributed by atoms with Gasteiger partial charge in [-0.3, -0.25) is 0 Å². The molecule has 5 heteroatoms. The molecular weight excluding hydrogens is 323 g/mol. The van der Waals surface area contributed by atoms with Gasteiger partial charge < -0.3 is 5.32 Å². The Hall–Kier alpha value is -1.52. The van der Waals surface area contributed by atoms with Gasteiger partial charge in [-0.25, -0.2) is 0 Å². The summed E-state index contributed by atoms with van der Waals surface area (Å²) in [5, 5.41) is 3.02. The molecule has 122 valence electrons. The van der Waals surface area contributed by atoms with Gasteiger partial charge in [0.1, 0.15) is 0 Å². The van der Waals surface area contributed by atoms with Crippen LogP contribution in [-0.4, -0.2) is 7.05 Å². The van der Waals surface area contributed by atoms with E-state index in [9.17, 15) is 13.2 Å². The zero-order chi connectivity index (χ0) is 16.6. The van der Waals surface area contributed by atoms with Crippen LogP contribution in [0.15, 0.2) is 42.5 Å². The Morgan fingerprint density at radius 1 is 1.04 bits per heavy atom. The zero-order valence-corrected chi connectivity index (χ0v) is 13.4. The predicted octanol–water partition coefficient (Wildman–Crippen LogP) is 5.55. The number of hydrogen-bond donors (Lipinski definition) is 1. The monoisotopic (exact) mass is 339 g/mol. The molecule has 0 amide bonds. The van der Waals surface area contributed by atoms with E-state index in [0.717, 1.165) is 24.0 Å². The molecule has 3 rings (SSSR count). The number of hydrogen-bond acceptors (Lipinski definition) is 1. The van der Waals surface area contributed by atoms with Crippen molar-refractivity contribution in [3.8, 4) is 0 Å². The maximum atomic E-state index is 13.1. The molecule has 2 aromatic carbocycles. The lowest BCUT2D eigenvalue weighted by Crippen LogP contribution is -2.24. The first-order chi connectivity index (χ1) is 10.9. The van der Waals surface area contributed by atoms with E-state index >= 15 is 0 Å². The molecule has 0 heterocycles. The fourth-order valence-electron chi connectivity index (χ4n) is 3.41. The highest BCUT2D eigenvalue weighted by atomic mass is 35.5. The number of alkyl halides is 3. The maximum Gasteiger partial charge on any atom is 0.417 e. The van der Waals surface area contributed by atoms with E-state index in [4.69, 9.17) is 11.6 Å². The zero-order valence-electron chi connectivity index (χ0n) is 12.6. The predicted molar refractivity (Wildman–Crippen MR) is 85.8 cm³/mol. The summed E-state index contributed by atoms with van der Waals surface area (Å²) in [6.07, 6.45) is -2.74. The SMILES string of the molecule is CNC1CC[C@@H](c2ccc(Cl)c(C(F)(F)F)c2)c2ccccc21. The van der Waals surface area contributed by atoms with Gasteiger partial charge in [0.05, 0.1) is 10.6 Å². The Kier molecular flexibility index (Phi) is 4.39. The molecule has 1 N–H and O–H groups in total. The Bertz CT molecular complexity index is 712. The van der Waals surface area contributed by atoms with Crippen LogP contribution in [0.25, 0.3) is 0 Å². The van der Waals surface area contributed by atoms with E-state index in [-0.39, 0.29) is 17.0 Å². The van der Waals surface area contributed by atoms with Gasteiger partial charge in [0.25, 0.3) is 0 Å². The number of fused-ring (bicyclic) bond motifs is 1. The molecule has 0 fully saturated rings. The van der Waals surface area contributed by atoms with Crippen LogP contribution < -0.4 is 5.32 Å². The van der Waals surface area contributed by atoms with Crippen LogP contribution in [0.5, 0.6) is 0 Å². The van der Waals surface area contributed by atoms with E-state index in [1.165, 1.54) is 12.1 Å². The third-order valence-corrected chi connectivity index (χ3v) is 4.87. The highest BCUT2D eigenvalue weighted by molar-refractivity contribution is 6.31. The largest absolute Gasteiger partial charge is 0.417 e. The van der Waals surface area contributed by atoms with Crippen molar-refractivity contribution < 1.29 is 13.2 Å². The average molecular weight is 340 g/mol. The van der Waals surface area contributed by atoms with Crippen molar-refractivity contribution >= 4 is 11.6 Å². The second-order valence-corrected chi connectivity index (χ2v) is 6.24. The minimum absolute atomic E-state index is 0.0332. The summed E-state index contributed by atoms with van der Waals surface area (Å²) >= 11 is 5.74. The van der Waals surface area contributed by atoms with E-state index in [1.54, 1.807) is 6.07 Å². The van der Waals surface area contributed by atoms with Crippen LogP contribution in [0.1, 0.15) is 47.1 Å². The fraction of sp³-hybridized carbons (Fsp3) is 0.333. The summed E-state index contributed by atoms with van der Waals surface area (Å²) in [4.78, 5) is 0. The lowest BCUT2D eigenvalue weighted by molar-refractivity contribution is -0.137. The first-order valence-corrected chi connectivity index (χ1v) is 7.92. The molecule has 0 saturated carbocycles. The molecule has 1 nitrogen and oxygen atoms in total. The molecule has 0 saturated heterocycles. The number of halogens is 4. The van der Waals surface area contributed by atoms with Gasteiger partial charge in [-0.2, -0.15) is 13.2 Å². The quantitative estimate of drug-likeness (QED) is 0.757. The van der Waals surface area contributed by atoms with Gasteiger partial charge in [-0.1, -0.05) is 41.9 Å². The highest BCUT2D eigenvalue weighted by Gasteiger charge is 2.35. The standard InChI is InChI=1S/C18H17ClF3N/c1-23-17-9-7-12(13-4-2-3-5-14(13)17)11-6-8-16(19)15(10-11)18(20,21)22/h2-6,8,10,12,17,23H,7,9H2,1H3/t12-,17?/m0/s1. The molecule has 0 aromatic heterocycles. The van der Waals surface area contributed by atoms with Gasteiger partial charge in [-0.15, -0.1) is 0 Å². The second kappa shape index (κ2) is 6.17. The van der Waals surface area contributed by atoms with Crippen LogP contribution in [0.4, 0.5) is 13.2 Å². The Morgan fingerprint density at radius 2 is 1.74 bits per heavy atom.